The lowest BCUT2D eigenvalue weighted by atomic mass is 9.91. The second kappa shape index (κ2) is 9.65. The van der Waals surface area contributed by atoms with Gasteiger partial charge in [-0.25, -0.2) is 9.67 Å². The predicted molar refractivity (Wildman–Crippen MR) is 126 cm³/mol. The monoisotopic (exact) mass is 454 g/mol. The van der Waals surface area contributed by atoms with Crippen molar-refractivity contribution in [2.45, 2.75) is 64.2 Å². The minimum Gasteiger partial charge on any atom is -0.381 e. The van der Waals surface area contributed by atoms with Gasteiger partial charge in [0.1, 0.15) is 0 Å². The summed E-state index contributed by atoms with van der Waals surface area (Å²) in [6, 6.07) is 7.27. The van der Waals surface area contributed by atoms with E-state index in [4.69, 9.17) is 11.6 Å². The Morgan fingerprint density at radius 1 is 1.22 bits per heavy atom. The topological polar surface area (TPSA) is 101 Å². The van der Waals surface area contributed by atoms with Crippen molar-refractivity contribution in [3.63, 3.8) is 0 Å². The standard InChI is InChI=1S/C23H27ClN6O2/c1-3-30-22-19(13-26-30)21(28-17-8-10-18(29-32)11-9-17)20(12-25-22)23(31)27-14(2)15-4-6-16(24)7-5-15/h4-7,12-14,17-18H,3,8-11H2,1-2H3,(H,25,28)(H,27,31). The first-order valence-corrected chi connectivity index (χ1v) is 11.4. The van der Waals surface area contributed by atoms with Crippen LogP contribution in [0.15, 0.2) is 41.8 Å². The van der Waals surface area contributed by atoms with E-state index < -0.39 is 0 Å². The lowest BCUT2D eigenvalue weighted by Crippen LogP contribution is -2.31. The Morgan fingerprint density at radius 2 is 1.94 bits per heavy atom. The molecule has 1 aliphatic rings. The normalized spacial score (nSPS) is 19.5. The Hall–Kier alpha value is -3.00. The smallest absolute Gasteiger partial charge is 0.255 e. The van der Waals surface area contributed by atoms with Gasteiger partial charge in [0.05, 0.1) is 34.9 Å². The number of carbonyl (C=O) groups excluding carboxylic acids is 1. The number of nitroso groups, excluding NO2 is 1. The second-order valence-corrected chi connectivity index (χ2v) is 8.68. The number of aryl methyl sites for hydroxylation is 1. The number of hydrogen-bond acceptors (Lipinski definition) is 6. The van der Waals surface area contributed by atoms with Gasteiger partial charge in [0.2, 0.25) is 0 Å². The fourth-order valence-electron chi connectivity index (χ4n) is 4.22. The number of hydrogen-bond donors (Lipinski definition) is 2. The molecule has 0 aliphatic heterocycles. The van der Waals surface area contributed by atoms with Crippen LogP contribution in [0, 0.1) is 4.91 Å². The molecule has 168 valence electrons. The summed E-state index contributed by atoms with van der Waals surface area (Å²) in [5.74, 6) is -0.211. The van der Waals surface area contributed by atoms with Gasteiger partial charge in [0, 0.05) is 23.8 Å². The third-order valence-electron chi connectivity index (χ3n) is 6.12. The minimum atomic E-state index is -0.211. The Kier molecular flexibility index (Phi) is 6.69. The number of benzene rings is 1. The van der Waals surface area contributed by atoms with E-state index in [-0.39, 0.29) is 24.0 Å². The molecule has 4 rings (SSSR count). The summed E-state index contributed by atoms with van der Waals surface area (Å²) in [6.45, 7) is 4.62. The van der Waals surface area contributed by atoms with E-state index in [2.05, 4.69) is 25.9 Å². The Morgan fingerprint density at radius 3 is 2.59 bits per heavy atom. The number of anilines is 1. The summed E-state index contributed by atoms with van der Waals surface area (Å²) in [7, 11) is 0. The van der Waals surface area contributed by atoms with Crippen molar-refractivity contribution in [2.75, 3.05) is 5.32 Å². The lowest BCUT2D eigenvalue weighted by molar-refractivity contribution is 0.0940. The molecule has 1 fully saturated rings. The molecule has 2 N–H and O–H groups in total. The van der Waals surface area contributed by atoms with E-state index in [9.17, 15) is 9.70 Å². The summed E-state index contributed by atoms with van der Waals surface area (Å²) >= 11 is 5.98. The molecule has 8 nitrogen and oxygen atoms in total. The maximum atomic E-state index is 13.3. The lowest BCUT2D eigenvalue weighted by Gasteiger charge is -2.27. The third-order valence-corrected chi connectivity index (χ3v) is 6.37. The predicted octanol–water partition coefficient (Wildman–Crippen LogP) is 5.09. The molecule has 1 aliphatic carbocycles. The van der Waals surface area contributed by atoms with Crippen molar-refractivity contribution in [2.24, 2.45) is 5.18 Å². The number of halogens is 1. The molecular weight excluding hydrogens is 428 g/mol. The van der Waals surface area contributed by atoms with E-state index in [0.717, 1.165) is 48.0 Å². The van der Waals surface area contributed by atoms with Crippen molar-refractivity contribution >= 4 is 34.2 Å². The zero-order chi connectivity index (χ0) is 22.7. The van der Waals surface area contributed by atoms with Crippen LogP contribution in [0.1, 0.15) is 61.5 Å². The molecule has 1 atom stereocenters. The minimum absolute atomic E-state index is 0.114. The van der Waals surface area contributed by atoms with Crippen LogP contribution < -0.4 is 10.6 Å². The molecule has 2 aromatic heterocycles. The number of nitrogens with one attached hydrogen (secondary N) is 2. The van der Waals surface area contributed by atoms with Gasteiger partial charge in [0.25, 0.3) is 5.91 Å². The van der Waals surface area contributed by atoms with Crippen molar-refractivity contribution < 1.29 is 4.79 Å². The Labute approximate surface area is 191 Å². The van der Waals surface area contributed by atoms with E-state index in [1.54, 1.807) is 12.4 Å². The number of amides is 1. The van der Waals surface area contributed by atoms with Crippen LogP contribution in [0.2, 0.25) is 5.02 Å². The zero-order valence-corrected chi connectivity index (χ0v) is 19.0. The summed E-state index contributed by atoms with van der Waals surface area (Å²) in [4.78, 5) is 28.7. The summed E-state index contributed by atoms with van der Waals surface area (Å²) in [5.41, 5.74) is 2.91. The van der Waals surface area contributed by atoms with Crippen LogP contribution >= 0.6 is 11.6 Å². The maximum Gasteiger partial charge on any atom is 0.255 e. The molecule has 3 aromatic rings. The summed E-state index contributed by atoms with van der Waals surface area (Å²) in [6.07, 6.45) is 6.51. The van der Waals surface area contributed by atoms with Gasteiger partial charge in [-0.2, -0.15) is 10.0 Å². The second-order valence-electron chi connectivity index (χ2n) is 8.25. The SMILES string of the molecule is CCn1ncc2c(NC3CCC(N=O)CC3)c(C(=O)NC(C)c3ccc(Cl)cc3)cnc21. The Bertz CT molecular complexity index is 1110. The molecule has 1 saturated carbocycles. The molecule has 9 heteroatoms. The first kappa shape index (κ1) is 22.2. The van der Waals surface area contributed by atoms with Gasteiger partial charge in [0.15, 0.2) is 5.65 Å². The van der Waals surface area contributed by atoms with Crippen LogP contribution in [0.3, 0.4) is 0 Å². The van der Waals surface area contributed by atoms with E-state index in [1.807, 2.05) is 42.8 Å². The molecule has 32 heavy (non-hydrogen) atoms. The average Bonchev–Trinajstić information content (AvgIpc) is 3.23. The molecule has 1 unspecified atom stereocenters. The third kappa shape index (κ3) is 4.60. The molecule has 1 amide bonds. The van der Waals surface area contributed by atoms with Gasteiger partial charge >= 0.3 is 0 Å². The highest BCUT2D eigenvalue weighted by Crippen LogP contribution is 2.31. The number of carbonyl (C=O) groups is 1. The van der Waals surface area contributed by atoms with Crippen LogP contribution in [-0.2, 0) is 6.54 Å². The molecule has 0 saturated heterocycles. The van der Waals surface area contributed by atoms with Crippen LogP contribution in [0.4, 0.5) is 5.69 Å². The summed E-state index contributed by atoms with van der Waals surface area (Å²) < 4.78 is 1.81. The largest absolute Gasteiger partial charge is 0.381 e. The number of aromatic nitrogens is 3. The molecule has 0 bridgehead atoms. The van der Waals surface area contributed by atoms with E-state index in [0.29, 0.717) is 17.1 Å². The molecule has 2 heterocycles. The maximum absolute atomic E-state index is 13.3. The molecule has 0 radical (unpaired) electrons. The van der Waals surface area contributed by atoms with Crippen molar-refractivity contribution in [1.29, 1.82) is 0 Å². The molecular formula is C23H27ClN6O2. The average molecular weight is 455 g/mol. The number of rotatable bonds is 7. The first-order valence-electron chi connectivity index (χ1n) is 11.0. The summed E-state index contributed by atoms with van der Waals surface area (Å²) in [5, 5.41) is 15.7. The van der Waals surface area contributed by atoms with Crippen molar-refractivity contribution in [3.05, 3.63) is 57.7 Å². The zero-order valence-electron chi connectivity index (χ0n) is 18.2. The van der Waals surface area contributed by atoms with E-state index in [1.165, 1.54) is 0 Å². The number of fused-ring (bicyclic) bond motifs is 1. The van der Waals surface area contributed by atoms with Gasteiger partial charge in [-0.05, 0) is 57.2 Å². The van der Waals surface area contributed by atoms with Crippen molar-refractivity contribution in [1.82, 2.24) is 20.1 Å². The number of nitrogens with zero attached hydrogens (tertiary/aromatic N) is 4. The first-order chi connectivity index (χ1) is 15.5. The fourth-order valence-corrected chi connectivity index (χ4v) is 4.35. The Balaban J connectivity index is 1.62. The van der Waals surface area contributed by atoms with Crippen molar-refractivity contribution in [3.8, 4) is 0 Å². The fraction of sp³-hybridized carbons (Fsp3) is 0.435. The van der Waals surface area contributed by atoms with Gasteiger partial charge < -0.3 is 10.6 Å². The number of pyridine rings is 1. The van der Waals surface area contributed by atoms with E-state index >= 15 is 0 Å². The van der Waals surface area contributed by atoms with Gasteiger partial charge in [-0.3, -0.25) is 4.79 Å². The van der Waals surface area contributed by atoms with Crippen LogP contribution in [-0.4, -0.2) is 32.8 Å². The molecule has 0 spiro atoms. The van der Waals surface area contributed by atoms with Crippen LogP contribution in [0.5, 0.6) is 0 Å². The molecule has 1 aromatic carbocycles. The van der Waals surface area contributed by atoms with Crippen LogP contribution in [0.25, 0.3) is 11.0 Å². The highest BCUT2D eigenvalue weighted by Gasteiger charge is 2.25. The quantitative estimate of drug-likeness (QED) is 0.484. The highest BCUT2D eigenvalue weighted by atomic mass is 35.5. The van der Waals surface area contributed by atoms with Gasteiger partial charge in [-0.15, -0.1) is 0 Å². The van der Waals surface area contributed by atoms with Gasteiger partial charge in [-0.1, -0.05) is 28.9 Å². The highest BCUT2D eigenvalue weighted by molar-refractivity contribution is 6.30.